The van der Waals surface area contributed by atoms with Crippen molar-refractivity contribution in [1.29, 1.82) is 0 Å². The molecule has 0 aliphatic rings. The lowest BCUT2D eigenvalue weighted by Gasteiger charge is -2.12. The number of hydrogen-bond acceptors (Lipinski definition) is 6. The highest BCUT2D eigenvalue weighted by molar-refractivity contribution is 7.92. The molecule has 1 heterocycles. The minimum atomic E-state index is -4.17. The predicted molar refractivity (Wildman–Crippen MR) is 116 cm³/mol. The highest BCUT2D eigenvalue weighted by atomic mass is 35.5. The zero-order valence-corrected chi connectivity index (χ0v) is 18.1. The van der Waals surface area contributed by atoms with Crippen molar-refractivity contribution in [2.45, 2.75) is 4.90 Å². The number of carbonyl (C=O) groups excluding carboxylic acids is 2. The summed E-state index contributed by atoms with van der Waals surface area (Å²) in [6.45, 7) is 0. The van der Waals surface area contributed by atoms with Crippen LogP contribution < -0.4 is 26.8 Å². The molecule has 2 aromatic carbocycles. The van der Waals surface area contributed by atoms with Gasteiger partial charge in [0, 0.05) is 22.3 Å². The molecule has 14 heteroatoms. The maximum absolute atomic E-state index is 12.7. The summed E-state index contributed by atoms with van der Waals surface area (Å²) in [6.07, 6.45) is 0. The molecule has 0 fully saturated rings. The number of hydrogen-bond donors (Lipinski definition) is 5. The van der Waals surface area contributed by atoms with Gasteiger partial charge in [0.05, 0.1) is 5.02 Å². The van der Waals surface area contributed by atoms with E-state index in [-0.39, 0.29) is 21.2 Å². The van der Waals surface area contributed by atoms with Crippen LogP contribution in [0.2, 0.25) is 10.0 Å². The van der Waals surface area contributed by atoms with Gasteiger partial charge in [-0.25, -0.2) is 13.2 Å². The normalized spacial score (nSPS) is 10.9. The average Bonchev–Trinajstić information content (AvgIpc) is 2.72. The van der Waals surface area contributed by atoms with Crippen molar-refractivity contribution in [3.63, 3.8) is 0 Å². The lowest BCUT2D eigenvalue weighted by atomic mass is 10.2. The summed E-state index contributed by atoms with van der Waals surface area (Å²) in [5, 5.41) is 0.268. The van der Waals surface area contributed by atoms with Crippen molar-refractivity contribution >= 4 is 50.7 Å². The van der Waals surface area contributed by atoms with Gasteiger partial charge in [0.15, 0.2) is 0 Å². The molecule has 0 radical (unpaired) electrons. The highest BCUT2D eigenvalue weighted by Gasteiger charge is 2.21. The SMILES string of the molecule is O=C(NNC(=O)c1cc(=O)[nH]c(=O)[nH]1)c1ccc(Cl)c(S(=O)(=O)Nc2ccc(Cl)cc2)c1. The van der Waals surface area contributed by atoms with E-state index >= 15 is 0 Å². The molecule has 3 rings (SSSR count). The van der Waals surface area contributed by atoms with Crippen LogP contribution in [0, 0.1) is 0 Å². The molecule has 0 unspecified atom stereocenters. The maximum Gasteiger partial charge on any atom is 0.326 e. The van der Waals surface area contributed by atoms with Gasteiger partial charge in [-0.1, -0.05) is 23.2 Å². The van der Waals surface area contributed by atoms with E-state index in [0.29, 0.717) is 5.02 Å². The van der Waals surface area contributed by atoms with Crippen LogP contribution in [0.15, 0.2) is 63.0 Å². The van der Waals surface area contributed by atoms with Crippen molar-refractivity contribution in [1.82, 2.24) is 20.8 Å². The zero-order chi connectivity index (χ0) is 23.5. The van der Waals surface area contributed by atoms with Gasteiger partial charge in [0.25, 0.3) is 27.4 Å². The van der Waals surface area contributed by atoms with E-state index in [1.165, 1.54) is 36.4 Å². The van der Waals surface area contributed by atoms with E-state index in [2.05, 4.69) is 9.71 Å². The Balaban J connectivity index is 1.77. The number of benzene rings is 2. The molecule has 0 atom stereocenters. The third-order valence-electron chi connectivity index (χ3n) is 3.87. The second-order valence-electron chi connectivity index (χ2n) is 6.17. The first kappa shape index (κ1) is 23.1. The van der Waals surface area contributed by atoms with Crippen molar-refractivity contribution in [3.05, 3.63) is 90.7 Å². The molecule has 1 aromatic heterocycles. The number of sulfonamides is 1. The van der Waals surface area contributed by atoms with Crippen LogP contribution >= 0.6 is 23.2 Å². The number of hydrazine groups is 1. The summed E-state index contributed by atoms with van der Waals surface area (Å²) < 4.78 is 27.7. The predicted octanol–water partition coefficient (Wildman–Crippen LogP) is 1.25. The molecule has 32 heavy (non-hydrogen) atoms. The van der Waals surface area contributed by atoms with Crippen molar-refractivity contribution in [3.8, 4) is 0 Å². The number of rotatable bonds is 5. The van der Waals surface area contributed by atoms with E-state index in [1.54, 1.807) is 0 Å². The van der Waals surface area contributed by atoms with Gasteiger partial charge in [-0.3, -0.25) is 34.9 Å². The Bertz CT molecular complexity index is 1390. The first-order chi connectivity index (χ1) is 15.0. The smallest absolute Gasteiger partial charge is 0.303 e. The van der Waals surface area contributed by atoms with Gasteiger partial charge in [0.2, 0.25) is 0 Å². The third kappa shape index (κ3) is 5.55. The number of aromatic nitrogens is 2. The number of amides is 2. The van der Waals surface area contributed by atoms with Crippen LogP contribution in [0.25, 0.3) is 0 Å². The van der Waals surface area contributed by atoms with Gasteiger partial charge in [-0.05, 0) is 42.5 Å². The molecular weight excluding hydrogens is 485 g/mol. The van der Waals surface area contributed by atoms with Gasteiger partial charge in [-0.15, -0.1) is 0 Å². The van der Waals surface area contributed by atoms with Gasteiger partial charge >= 0.3 is 5.69 Å². The number of anilines is 1. The molecule has 0 aliphatic carbocycles. The standard InChI is InChI=1S/C18H13Cl2N5O6S/c19-10-2-4-11(5-3-10)25-32(30,31)14-7-9(1-6-12(14)20)16(27)23-24-17(28)13-8-15(26)22-18(29)21-13/h1-8,25H,(H,23,27)(H,24,28)(H2,21,22,26,29). The molecular formula is C18H13Cl2N5O6S. The molecule has 166 valence electrons. The summed E-state index contributed by atoms with van der Waals surface area (Å²) in [7, 11) is -4.17. The Morgan fingerprint density at radius 3 is 2.16 bits per heavy atom. The molecule has 3 aromatic rings. The van der Waals surface area contributed by atoms with E-state index in [0.717, 1.165) is 12.1 Å². The second-order valence-corrected chi connectivity index (χ2v) is 8.66. The van der Waals surface area contributed by atoms with Crippen LogP contribution in [0.1, 0.15) is 20.8 Å². The first-order valence-electron chi connectivity index (χ1n) is 8.57. The fourth-order valence-electron chi connectivity index (χ4n) is 2.42. The average molecular weight is 498 g/mol. The van der Waals surface area contributed by atoms with Gasteiger partial charge in [0.1, 0.15) is 10.6 Å². The van der Waals surface area contributed by atoms with Crippen LogP contribution in [0.4, 0.5) is 5.69 Å². The molecule has 11 nitrogen and oxygen atoms in total. The van der Waals surface area contributed by atoms with Gasteiger partial charge in [-0.2, -0.15) is 0 Å². The molecule has 2 amide bonds. The third-order valence-corrected chi connectivity index (χ3v) is 5.99. The second kappa shape index (κ2) is 9.26. The molecule has 0 saturated heterocycles. The largest absolute Gasteiger partial charge is 0.326 e. The Morgan fingerprint density at radius 1 is 0.844 bits per heavy atom. The van der Waals surface area contributed by atoms with Crippen molar-refractivity contribution < 1.29 is 18.0 Å². The summed E-state index contributed by atoms with van der Waals surface area (Å²) in [4.78, 5) is 50.4. The monoisotopic (exact) mass is 497 g/mol. The molecule has 0 spiro atoms. The highest BCUT2D eigenvalue weighted by Crippen LogP contribution is 2.25. The summed E-state index contributed by atoms with van der Waals surface area (Å²) in [6, 6.07) is 10.1. The molecule has 0 bridgehead atoms. The first-order valence-corrected chi connectivity index (χ1v) is 10.8. The van der Waals surface area contributed by atoms with Crippen molar-refractivity contribution in [2.75, 3.05) is 4.72 Å². The Kier molecular flexibility index (Phi) is 6.67. The summed E-state index contributed by atoms with van der Waals surface area (Å²) in [5.41, 5.74) is 2.00. The zero-order valence-electron chi connectivity index (χ0n) is 15.7. The van der Waals surface area contributed by atoms with E-state index in [9.17, 15) is 27.6 Å². The van der Waals surface area contributed by atoms with Crippen LogP contribution in [-0.2, 0) is 10.0 Å². The van der Waals surface area contributed by atoms with E-state index in [4.69, 9.17) is 23.2 Å². The fraction of sp³-hybridized carbons (Fsp3) is 0. The number of carbonyl (C=O) groups is 2. The van der Waals surface area contributed by atoms with Crippen molar-refractivity contribution in [2.24, 2.45) is 0 Å². The minimum Gasteiger partial charge on any atom is -0.303 e. The number of H-pyrrole nitrogens is 2. The Hall–Kier alpha value is -3.61. The van der Waals surface area contributed by atoms with E-state index < -0.39 is 38.8 Å². The Morgan fingerprint density at radius 2 is 1.50 bits per heavy atom. The number of aromatic amines is 2. The summed E-state index contributed by atoms with van der Waals surface area (Å²) in [5.74, 6) is -1.86. The number of halogens is 2. The minimum absolute atomic E-state index is 0.145. The topological polar surface area (TPSA) is 170 Å². The van der Waals surface area contributed by atoms with Crippen LogP contribution in [-0.4, -0.2) is 30.2 Å². The van der Waals surface area contributed by atoms with Crippen LogP contribution in [0.3, 0.4) is 0 Å². The lowest BCUT2D eigenvalue weighted by molar-refractivity contribution is 0.0843. The summed E-state index contributed by atoms with van der Waals surface area (Å²) >= 11 is 11.8. The maximum atomic E-state index is 12.7. The quantitative estimate of drug-likeness (QED) is 0.332. The fourth-order valence-corrected chi connectivity index (χ4v) is 4.13. The van der Waals surface area contributed by atoms with Crippen LogP contribution in [0.5, 0.6) is 0 Å². The van der Waals surface area contributed by atoms with E-state index in [1.807, 2.05) is 15.8 Å². The molecule has 0 saturated carbocycles. The molecule has 5 N–H and O–H groups in total. The Labute approximate surface area is 189 Å². The lowest BCUT2D eigenvalue weighted by Crippen LogP contribution is -2.43. The molecule has 0 aliphatic heterocycles. The van der Waals surface area contributed by atoms with Gasteiger partial charge < -0.3 is 4.98 Å². The number of nitrogens with one attached hydrogen (secondary N) is 5.